The van der Waals surface area contributed by atoms with E-state index in [1.165, 1.54) is 0 Å². The van der Waals surface area contributed by atoms with Crippen molar-refractivity contribution in [2.24, 2.45) is 0 Å². The van der Waals surface area contributed by atoms with Gasteiger partial charge in [-0.15, -0.1) is 0 Å². The molecule has 4 nitrogen and oxygen atoms in total. The van der Waals surface area contributed by atoms with E-state index in [9.17, 15) is 5.11 Å². The van der Waals surface area contributed by atoms with Gasteiger partial charge in [-0.3, -0.25) is 4.90 Å². The molecule has 1 saturated heterocycles. The summed E-state index contributed by atoms with van der Waals surface area (Å²) in [7, 11) is 1.72. The molecule has 1 fully saturated rings. The van der Waals surface area contributed by atoms with Crippen LogP contribution in [-0.2, 0) is 4.74 Å². The molecule has 1 unspecified atom stereocenters. The summed E-state index contributed by atoms with van der Waals surface area (Å²) in [6.07, 6.45) is 0.772. The Balaban J connectivity index is 2.39. The fourth-order valence-electron chi connectivity index (χ4n) is 2.04. The maximum atomic E-state index is 9.71. The molecule has 1 aliphatic heterocycles. The van der Waals surface area contributed by atoms with Crippen LogP contribution >= 0.6 is 0 Å². The molecule has 0 aliphatic carbocycles. The molecule has 0 saturated carbocycles. The molecular formula is C11H24N2O2. The fourth-order valence-corrected chi connectivity index (χ4v) is 2.04. The number of β-amino-alcohol motifs (C(OH)–C–C–N with tert-alkyl or cyclic N) is 1. The number of ether oxygens (including phenoxy) is 1. The zero-order chi connectivity index (χ0) is 11.3. The Bertz CT molecular complexity index is 185. The third-order valence-corrected chi connectivity index (χ3v) is 2.73. The van der Waals surface area contributed by atoms with Crippen LogP contribution in [0.3, 0.4) is 0 Å². The first kappa shape index (κ1) is 12.9. The first-order chi connectivity index (χ1) is 7.03. The van der Waals surface area contributed by atoms with Gasteiger partial charge >= 0.3 is 0 Å². The lowest BCUT2D eigenvalue weighted by molar-refractivity contribution is 0.117. The van der Waals surface area contributed by atoms with E-state index in [1.807, 2.05) is 0 Å². The monoisotopic (exact) mass is 216 g/mol. The Labute approximate surface area is 92.6 Å². The van der Waals surface area contributed by atoms with E-state index in [1.54, 1.807) is 7.11 Å². The van der Waals surface area contributed by atoms with Crippen molar-refractivity contribution in [1.29, 1.82) is 0 Å². The van der Waals surface area contributed by atoms with E-state index in [4.69, 9.17) is 4.74 Å². The number of nitrogens with zero attached hydrogens (tertiary/aromatic N) is 1. The lowest BCUT2D eigenvalue weighted by atomic mass is 10.1. The minimum atomic E-state index is -0.255. The third kappa shape index (κ3) is 4.93. The smallest absolute Gasteiger partial charge is 0.0791 e. The SMILES string of the molecule is COCCCN1CC(O)CNC(C)(C)C1. The number of aliphatic hydroxyl groups is 1. The van der Waals surface area contributed by atoms with Crippen LogP contribution in [0.5, 0.6) is 0 Å². The zero-order valence-electron chi connectivity index (χ0n) is 10.1. The molecule has 15 heavy (non-hydrogen) atoms. The number of hydrogen-bond donors (Lipinski definition) is 2. The van der Waals surface area contributed by atoms with Gasteiger partial charge in [-0.2, -0.15) is 0 Å². The van der Waals surface area contributed by atoms with Gasteiger partial charge in [-0.1, -0.05) is 0 Å². The van der Waals surface area contributed by atoms with Gasteiger partial charge in [-0.05, 0) is 20.3 Å². The van der Waals surface area contributed by atoms with E-state index in [-0.39, 0.29) is 11.6 Å². The molecule has 0 radical (unpaired) electrons. The van der Waals surface area contributed by atoms with Gasteiger partial charge in [0, 0.05) is 45.4 Å². The summed E-state index contributed by atoms with van der Waals surface area (Å²) in [4.78, 5) is 2.31. The van der Waals surface area contributed by atoms with Crippen LogP contribution in [-0.4, -0.2) is 61.5 Å². The second kappa shape index (κ2) is 5.80. The number of rotatable bonds is 4. The fraction of sp³-hybridized carbons (Fsp3) is 1.00. The molecule has 1 atom stereocenters. The summed E-state index contributed by atoms with van der Waals surface area (Å²) in [6, 6.07) is 0. The first-order valence-electron chi connectivity index (χ1n) is 5.68. The van der Waals surface area contributed by atoms with Crippen LogP contribution in [0.4, 0.5) is 0 Å². The van der Waals surface area contributed by atoms with Crippen LogP contribution in [0.2, 0.25) is 0 Å². The summed E-state index contributed by atoms with van der Waals surface area (Å²) in [5.41, 5.74) is 0.0878. The van der Waals surface area contributed by atoms with E-state index in [0.29, 0.717) is 6.54 Å². The highest BCUT2D eigenvalue weighted by atomic mass is 16.5. The standard InChI is InChI=1S/C11H24N2O2/c1-11(2)9-13(5-4-6-15-3)8-10(14)7-12-11/h10,12,14H,4-9H2,1-3H3. The lowest BCUT2D eigenvalue weighted by Crippen LogP contribution is -2.46. The van der Waals surface area contributed by atoms with Crippen LogP contribution < -0.4 is 5.32 Å². The van der Waals surface area contributed by atoms with E-state index in [0.717, 1.165) is 32.7 Å². The van der Waals surface area contributed by atoms with Crippen molar-refractivity contribution >= 4 is 0 Å². The maximum Gasteiger partial charge on any atom is 0.0791 e. The largest absolute Gasteiger partial charge is 0.390 e. The number of methoxy groups -OCH3 is 1. The van der Waals surface area contributed by atoms with E-state index in [2.05, 4.69) is 24.1 Å². The minimum absolute atomic E-state index is 0.0878. The molecule has 0 spiro atoms. The Morgan fingerprint density at radius 3 is 2.93 bits per heavy atom. The van der Waals surface area contributed by atoms with Gasteiger partial charge in [0.25, 0.3) is 0 Å². The van der Waals surface area contributed by atoms with Crippen LogP contribution in [0.25, 0.3) is 0 Å². The molecule has 1 aliphatic rings. The molecule has 1 heterocycles. The molecule has 0 aromatic heterocycles. The van der Waals surface area contributed by atoms with Crippen LogP contribution in [0.15, 0.2) is 0 Å². The minimum Gasteiger partial charge on any atom is -0.390 e. The highest BCUT2D eigenvalue weighted by molar-refractivity contribution is 4.87. The molecule has 1 rings (SSSR count). The highest BCUT2D eigenvalue weighted by Crippen LogP contribution is 2.10. The van der Waals surface area contributed by atoms with Gasteiger partial charge in [-0.25, -0.2) is 0 Å². The van der Waals surface area contributed by atoms with Gasteiger partial charge in [0.15, 0.2) is 0 Å². The Hall–Kier alpha value is -0.160. The Kier molecular flexibility index (Phi) is 4.99. The summed E-state index contributed by atoms with van der Waals surface area (Å²) in [5.74, 6) is 0. The summed E-state index contributed by atoms with van der Waals surface area (Å²) in [5, 5.41) is 13.1. The molecule has 0 amide bonds. The highest BCUT2D eigenvalue weighted by Gasteiger charge is 2.26. The third-order valence-electron chi connectivity index (χ3n) is 2.73. The second-order valence-corrected chi connectivity index (χ2v) is 5.00. The maximum absolute atomic E-state index is 9.71. The molecule has 0 bridgehead atoms. The number of hydrogen-bond acceptors (Lipinski definition) is 4. The van der Waals surface area contributed by atoms with Crippen molar-refractivity contribution in [3.05, 3.63) is 0 Å². The molecule has 4 heteroatoms. The molecular weight excluding hydrogens is 192 g/mol. The van der Waals surface area contributed by atoms with Gasteiger partial charge in [0.1, 0.15) is 0 Å². The molecule has 0 aromatic carbocycles. The van der Waals surface area contributed by atoms with E-state index < -0.39 is 0 Å². The summed E-state index contributed by atoms with van der Waals surface area (Å²) < 4.78 is 5.04. The molecule has 0 aromatic rings. The van der Waals surface area contributed by atoms with Crippen molar-refractivity contribution in [3.8, 4) is 0 Å². The van der Waals surface area contributed by atoms with Crippen molar-refractivity contribution < 1.29 is 9.84 Å². The second-order valence-electron chi connectivity index (χ2n) is 5.00. The van der Waals surface area contributed by atoms with Gasteiger partial charge in [0.05, 0.1) is 6.10 Å². The Morgan fingerprint density at radius 1 is 1.53 bits per heavy atom. The predicted octanol–water partition coefficient (Wildman–Crippen LogP) is 0.0676. The average Bonchev–Trinajstić information content (AvgIpc) is 2.26. The first-order valence-corrected chi connectivity index (χ1v) is 5.68. The van der Waals surface area contributed by atoms with Gasteiger partial charge in [0.2, 0.25) is 0 Å². The van der Waals surface area contributed by atoms with Crippen molar-refractivity contribution in [1.82, 2.24) is 10.2 Å². The van der Waals surface area contributed by atoms with Crippen molar-refractivity contribution in [2.75, 3.05) is 39.9 Å². The van der Waals surface area contributed by atoms with Gasteiger partial charge < -0.3 is 15.2 Å². The topological polar surface area (TPSA) is 44.7 Å². The van der Waals surface area contributed by atoms with Crippen molar-refractivity contribution in [2.45, 2.75) is 31.9 Å². The summed E-state index contributed by atoms with van der Waals surface area (Å²) >= 11 is 0. The quantitative estimate of drug-likeness (QED) is 0.653. The predicted molar refractivity (Wildman–Crippen MR) is 61.0 cm³/mol. The van der Waals surface area contributed by atoms with E-state index >= 15 is 0 Å². The zero-order valence-corrected chi connectivity index (χ0v) is 10.1. The molecule has 90 valence electrons. The number of aliphatic hydroxyl groups excluding tert-OH is 1. The lowest BCUT2D eigenvalue weighted by Gasteiger charge is -2.29. The summed E-state index contributed by atoms with van der Waals surface area (Å²) in [6.45, 7) is 8.57. The number of nitrogens with one attached hydrogen (secondary N) is 1. The Morgan fingerprint density at radius 2 is 2.27 bits per heavy atom. The van der Waals surface area contributed by atoms with Crippen molar-refractivity contribution in [3.63, 3.8) is 0 Å². The average molecular weight is 216 g/mol. The van der Waals surface area contributed by atoms with Crippen LogP contribution in [0.1, 0.15) is 20.3 Å². The van der Waals surface area contributed by atoms with Crippen LogP contribution in [0, 0.1) is 0 Å². The molecule has 2 N–H and O–H groups in total. The normalized spacial score (nSPS) is 27.6.